The molecule has 0 unspecified atom stereocenters. The molecule has 0 aromatic heterocycles. The first-order chi connectivity index (χ1) is 10.6. The highest BCUT2D eigenvalue weighted by Gasteiger charge is 2.09. The molecule has 0 aliphatic rings. The average molecular weight is 358 g/mol. The van der Waals surface area contributed by atoms with Gasteiger partial charge in [0, 0.05) is 11.4 Å². The minimum atomic E-state index is -0.263. The average Bonchev–Trinajstić information content (AvgIpc) is 2.49. The van der Waals surface area contributed by atoms with Gasteiger partial charge in [0.2, 0.25) is 5.91 Å². The van der Waals surface area contributed by atoms with Gasteiger partial charge in [0.25, 0.3) is 0 Å². The second-order valence-electron chi connectivity index (χ2n) is 4.57. The maximum Gasteiger partial charge on any atom is 0.230 e. The lowest BCUT2D eigenvalue weighted by Crippen LogP contribution is -2.27. The number of carbonyl (C=O) groups is 1. The summed E-state index contributed by atoms with van der Waals surface area (Å²) in [5, 5.41) is 3.89. The van der Waals surface area contributed by atoms with E-state index in [0.29, 0.717) is 27.9 Å². The summed E-state index contributed by atoms with van der Waals surface area (Å²) in [6.45, 7) is 0.501. The first-order valence-corrected chi connectivity index (χ1v) is 8.38. The molecule has 2 rings (SSSR count). The van der Waals surface area contributed by atoms with Gasteiger partial charge in [0.1, 0.15) is 5.82 Å². The van der Waals surface area contributed by atoms with Crippen molar-refractivity contribution < 1.29 is 9.18 Å². The number of amides is 1. The van der Waals surface area contributed by atoms with Crippen molar-refractivity contribution in [2.75, 3.05) is 12.3 Å². The summed E-state index contributed by atoms with van der Waals surface area (Å²) < 4.78 is 12.8. The molecule has 1 N–H and O–H groups in total. The van der Waals surface area contributed by atoms with Crippen molar-refractivity contribution in [3.05, 3.63) is 63.9 Å². The third-order valence-electron chi connectivity index (χ3n) is 2.92. The van der Waals surface area contributed by atoms with Crippen molar-refractivity contribution in [3.8, 4) is 0 Å². The third kappa shape index (κ3) is 5.20. The largest absolute Gasteiger partial charge is 0.355 e. The molecule has 0 fully saturated rings. The molecule has 0 saturated heterocycles. The lowest BCUT2D eigenvalue weighted by Gasteiger charge is -2.07. The van der Waals surface area contributed by atoms with Gasteiger partial charge in [0.05, 0.1) is 15.8 Å². The molecule has 0 atom stereocenters. The lowest BCUT2D eigenvalue weighted by atomic mass is 10.1. The summed E-state index contributed by atoms with van der Waals surface area (Å²) in [4.78, 5) is 12.5. The van der Waals surface area contributed by atoms with Crippen LogP contribution in [0.25, 0.3) is 0 Å². The zero-order valence-electron chi connectivity index (χ0n) is 11.6. The Labute approximate surface area is 143 Å². The van der Waals surface area contributed by atoms with E-state index in [-0.39, 0.29) is 17.5 Å². The van der Waals surface area contributed by atoms with Gasteiger partial charge < -0.3 is 5.32 Å². The Hall–Kier alpha value is -1.23. The fourth-order valence-electron chi connectivity index (χ4n) is 1.81. The van der Waals surface area contributed by atoms with Crippen LogP contribution < -0.4 is 5.32 Å². The van der Waals surface area contributed by atoms with E-state index < -0.39 is 0 Å². The second-order valence-corrected chi connectivity index (χ2v) is 6.37. The Kier molecular flexibility index (Phi) is 6.55. The van der Waals surface area contributed by atoms with Gasteiger partial charge in [-0.25, -0.2) is 4.39 Å². The van der Waals surface area contributed by atoms with Gasteiger partial charge in [-0.1, -0.05) is 41.4 Å². The first-order valence-electron chi connectivity index (χ1n) is 6.64. The van der Waals surface area contributed by atoms with Gasteiger partial charge in [-0.2, -0.15) is 0 Å². The molecule has 0 saturated carbocycles. The molecule has 2 nitrogen and oxygen atoms in total. The van der Waals surface area contributed by atoms with E-state index in [9.17, 15) is 9.18 Å². The van der Waals surface area contributed by atoms with Gasteiger partial charge in [-0.05, 0) is 36.2 Å². The van der Waals surface area contributed by atoms with Crippen LogP contribution in [-0.4, -0.2) is 18.2 Å². The van der Waals surface area contributed by atoms with Crippen LogP contribution in [-0.2, 0) is 11.2 Å². The molecule has 2 aromatic carbocycles. The van der Waals surface area contributed by atoms with Crippen molar-refractivity contribution in [2.24, 2.45) is 0 Å². The Morgan fingerprint density at radius 2 is 1.73 bits per heavy atom. The van der Waals surface area contributed by atoms with Gasteiger partial charge in [0.15, 0.2) is 0 Å². The summed E-state index contributed by atoms with van der Waals surface area (Å²) in [7, 11) is 0. The predicted octanol–water partition coefficient (Wildman–Crippen LogP) is 4.58. The number of thioether (sulfide) groups is 1. The van der Waals surface area contributed by atoms with Crippen molar-refractivity contribution in [3.63, 3.8) is 0 Å². The normalized spacial score (nSPS) is 10.5. The summed E-state index contributed by atoms with van der Waals surface area (Å²) >= 11 is 13.4. The number of hydrogen-bond acceptors (Lipinski definition) is 2. The molecule has 0 aliphatic heterocycles. The van der Waals surface area contributed by atoms with Crippen molar-refractivity contribution in [1.29, 1.82) is 0 Å². The van der Waals surface area contributed by atoms with E-state index in [1.54, 1.807) is 30.3 Å². The van der Waals surface area contributed by atoms with Crippen molar-refractivity contribution in [2.45, 2.75) is 11.3 Å². The maximum atomic E-state index is 12.8. The predicted molar refractivity (Wildman–Crippen MR) is 90.3 cm³/mol. The number of nitrogens with one attached hydrogen (secondary N) is 1. The van der Waals surface area contributed by atoms with E-state index in [2.05, 4.69) is 5.32 Å². The highest BCUT2D eigenvalue weighted by molar-refractivity contribution is 8.00. The van der Waals surface area contributed by atoms with Crippen molar-refractivity contribution in [1.82, 2.24) is 5.32 Å². The highest BCUT2D eigenvalue weighted by atomic mass is 35.5. The molecule has 2 aromatic rings. The Balaban J connectivity index is 1.75. The number of rotatable bonds is 6. The Morgan fingerprint density at radius 1 is 1.09 bits per heavy atom. The summed E-state index contributed by atoms with van der Waals surface area (Å²) in [5.74, 6) is -0.115. The van der Waals surface area contributed by atoms with E-state index in [4.69, 9.17) is 23.2 Å². The summed E-state index contributed by atoms with van der Waals surface area (Å²) in [6, 6.07) is 11.5. The molecule has 0 radical (unpaired) electrons. The van der Waals surface area contributed by atoms with Gasteiger partial charge >= 0.3 is 0 Å². The molecule has 0 aliphatic carbocycles. The molecule has 6 heteroatoms. The number of carbonyl (C=O) groups excluding carboxylic acids is 1. The Bertz CT molecular complexity index is 629. The van der Waals surface area contributed by atoms with Crippen LogP contribution in [0.1, 0.15) is 5.56 Å². The van der Waals surface area contributed by atoms with E-state index in [1.807, 2.05) is 0 Å². The van der Waals surface area contributed by atoms with Gasteiger partial charge in [-0.3, -0.25) is 4.79 Å². The van der Waals surface area contributed by atoms with E-state index >= 15 is 0 Å². The van der Waals surface area contributed by atoms with Gasteiger partial charge in [-0.15, -0.1) is 11.8 Å². The smallest absolute Gasteiger partial charge is 0.230 e. The van der Waals surface area contributed by atoms with Crippen LogP contribution >= 0.6 is 35.0 Å². The molecule has 116 valence electrons. The molecular formula is C16H14Cl2FNOS. The number of hydrogen-bond donors (Lipinski definition) is 1. The number of benzene rings is 2. The van der Waals surface area contributed by atoms with E-state index in [1.165, 1.54) is 23.9 Å². The molecular weight excluding hydrogens is 344 g/mol. The highest BCUT2D eigenvalue weighted by Crippen LogP contribution is 2.33. The first kappa shape index (κ1) is 17.1. The lowest BCUT2D eigenvalue weighted by molar-refractivity contribution is -0.118. The summed E-state index contributed by atoms with van der Waals surface area (Å²) in [5.41, 5.74) is 0.975. The minimum Gasteiger partial charge on any atom is -0.355 e. The molecule has 0 heterocycles. The maximum absolute atomic E-state index is 12.8. The van der Waals surface area contributed by atoms with Crippen LogP contribution in [0.2, 0.25) is 10.0 Å². The summed E-state index contributed by atoms with van der Waals surface area (Å²) in [6.07, 6.45) is 0.656. The zero-order chi connectivity index (χ0) is 15.9. The fraction of sp³-hybridized carbons (Fsp3) is 0.188. The van der Waals surface area contributed by atoms with Crippen LogP contribution in [0.4, 0.5) is 4.39 Å². The quantitative estimate of drug-likeness (QED) is 0.766. The van der Waals surface area contributed by atoms with Crippen LogP contribution in [0, 0.1) is 5.82 Å². The monoisotopic (exact) mass is 357 g/mol. The van der Waals surface area contributed by atoms with Crippen LogP contribution in [0.15, 0.2) is 47.4 Å². The molecule has 22 heavy (non-hydrogen) atoms. The SMILES string of the molecule is O=C(CSc1c(Cl)cccc1Cl)NCCc1ccc(F)cc1. The second kappa shape index (κ2) is 8.42. The standard InChI is InChI=1S/C16H14Cl2FNOS/c17-13-2-1-3-14(18)16(13)22-10-15(21)20-9-8-11-4-6-12(19)7-5-11/h1-7H,8-10H2,(H,20,21). The van der Waals surface area contributed by atoms with Crippen LogP contribution in [0.3, 0.4) is 0 Å². The minimum absolute atomic E-state index is 0.0944. The Morgan fingerprint density at radius 3 is 2.36 bits per heavy atom. The molecule has 0 bridgehead atoms. The third-order valence-corrected chi connectivity index (χ3v) is 4.90. The zero-order valence-corrected chi connectivity index (χ0v) is 13.9. The van der Waals surface area contributed by atoms with E-state index in [0.717, 1.165) is 5.56 Å². The fourth-order valence-corrected chi connectivity index (χ4v) is 3.32. The number of halogens is 3. The van der Waals surface area contributed by atoms with Crippen molar-refractivity contribution >= 4 is 40.9 Å². The van der Waals surface area contributed by atoms with Crippen LogP contribution in [0.5, 0.6) is 0 Å². The molecule has 1 amide bonds. The molecule has 0 spiro atoms. The topological polar surface area (TPSA) is 29.1 Å².